The van der Waals surface area contributed by atoms with Gasteiger partial charge in [-0.05, 0) is 73.7 Å². The molecule has 3 aromatic carbocycles. The van der Waals surface area contributed by atoms with Crippen molar-refractivity contribution in [2.24, 2.45) is 5.92 Å². The number of anilines is 2. The number of aliphatic hydroxyl groups excluding tert-OH is 1. The Bertz CT molecular complexity index is 1610. The average molecular weight is 627 g/mol. The van der Waals surface area contributed by atoms with Crippen molar-refractivity contribution in [1.82, 2.24) is 15.0 Å². The standard InChI is InChI=1S/C35H42N4O5Si/c1-24-31(17-16-25-10-9-13-27(20-25)39-30-14-7-8-15-32(30)43-23-34(39)41)44-33(35(24)45(2,3)42)18-19-38-21-29(36-37-38)28(22-40)26-11-5-4-6-12-26/h4-15,20-21,24,28,31,33,35,40,42H,16-19,22-23H2,1-3H3/t24-,28?,31+,33-,35+/m1/s1. The fourth-order valence-electron chi connectivity index (χ4n) is 7.12. The number of ether oxygens (including phenoxy) is 2. The van der Waals surface area contributed by atoms with Crippen molar-refractivity contribution in [3.63, 3.8) is 0 Å². The Morgan fingerprint density at radius 2 is 1.78 bits per heavy atom. The number of nitrogens with zero attached hydrogens (tertiary/aromatic N) is 4. The number of fused-ring (bicyclic) bond motifs is 1. The lowest BCUT2D eigenvalue weighted by atomic mass is 9.95. The van der Waals surface area contributed by atoms with Crippen molar-refractivity contribution in [1.29, 1.82) is 0 Å². The SMILES string of the molecule is C[C@H]1[C@H]([Si](C)(C)O)[C@@H](CCn2cc(C(CO)c3ccccc3)nn2)O[C@H]1CCc1cccc(N2C(=O)COc3ccccc32)c1. The molecule has 10 heteroatoms. The largest absolute Gasteiger partial charge is 0.482 e. The molecule has 3 heterocycles. The maximum Gasteiger partial charge on any atom is 0.269 e. The Balaban J connectivity index is 1.12. The summed E-state index contributed by atoms with van der Waals surface area (Å²) in [6.07, 6.45) is 4.17. The van der Waals surface area contributed by atoms with Gasteiger partial charge in [-0.2, -0.15) is 0 Å². The third kappa shape index (κ3) is 6.74. The van der Waals surface area contributed by atoms with Crippen LogP contribution in [0.4, 0.5) is 11.4 Å². The molecule has 9 nitrogen and oxygen atoms in total. The van der Waals surface area contributed by atoms with Gasteiger partial charge in [0, 0.05) is 24.0 Å². The predicted octanol–water partition coefficient (Wildman–Crippen LogP) is 5.45. The van der Waals surface area contributed by atoms with Crippen molar-refractivity contribution in [2.75, 3.05) is 18.1 Å². The Kier molecular flexibility index (Phi) is 9.18. The minimum absolute atomic E-state index is 0.0106. The van der Waals surface area contributed by atoms with Gasteiger partial charge in [0.05, 0.1) is 36.1 Å². The molecule has 0 spiro atoms. The summed E-state index contributed by atoms with van der Waals surface area (Å²) in [7, 11) is -2.53. The van der Waals surface area contributed by atoms with Crippen molar-refractivity contribution in [3.05, 3.63) is 102 Å². The van der Waals surface area contributed by atoms with Crippen LogP contribution in [0.2, 0.25) is 18.6 Å². The smallest absolute Gasteiger partial charge is 0.269 e. The van der Waals surface area contributed by atoms with Gasteiger partial charge in [-0.1, -0.05) is 66.7 Å². The maximum atomic E-state index is 12.9. The van der Waals surface area contributed by atoms with Gasteiger partial charge in [-0.3, -0.25) is 14.4 Å². The van der Waals surface area contributed by atoms with Gasteiger partial charge in [0.15, 0.2) is 14.9 Å². The maximum absolute atomic E-state index is 12.9. The van der Waals surface area contributed by atoms with E-state index in [-0.39, 0.29) is 48.7 Å². The van der Waals surface area contributed by atoms with Crippen LogP contribution in [0, 0.1) is 5.92 Å². The predicted molar refractivity (Wildman–Crippen MR) is 175 cm³/mol. The van der Waals surface area contributed by atoms with E-state index < -0.39 is 8.32 Å². The summed E-state index contributed by atoms with van der Waals surface area (Å²) in [5.41, 5.74) is 4.55. The first-order chi connectivity index (χ1) is 21.7. The van der Waals surface area contributed by atoms with Crippen molar-refractivity contribution < 1.29 is 24.2 Å². The van der Waals surface area contributed by atoms with Crippen molar-refractivity contribution in [2.45, 2.75) is 69.5 Å². The van der Waals surface area contributed by atoms with E-state index in [1.54, 1.807) is 4.90 Å². The number of aliphatic hydroxyl groups is 1. The first-order valence-electron chi connectivity index (χ1n) is 15.8. The van der Waals surface area contributed by atoms with Crippen LogP contribution in [0.15, 0.2) is 85.1 Å². The lowest BCUT2D eigenvalue weighted by molar-refractivity contribution is -0.120. The molecular weight excluding hydrogens is 584 g/mol. The molecule has 0 saturated carbocycles. The number of benzene rings is 3. The number of rotatable bonds is 11. The van der Waals surface area contributed by atoms with Gasteiger partial charge in [-0.15, -0.1) is 5.10 Å². The molecule has 6 rings (SSSR count). The molecule has 2 N–H and O–H groups in total. The molecule has 1 saturated heterocycles. The third-order valence-corrected chi connectivity index (χ3v) is 11.8. The first kappa shape index (κ1) is 31.2. The lowest BCUT2D eigenvalue weighted by Crippen LogP contribution is -2.40. The summed E-state index contributed by atoms with van der Waals surface area (Å²) in [4.78, 5) is 25.9. The normalized spacial score (nSPS) is 22.2. The zero-order chi connectivity index (χ0) is 31.6. The number of carbonyl (C=O) groups is 1. The van der Waals surface area contributed by atoms with E-state index in [1.807, 2.05) is 90.7 Å². The van der Waals surface area contributed by atoms with Gasteiger partial charge >= 0.3 is 0 Å². The molecule has 1 fully saturated rings. The van der Waals surface area contributed by atoms with E-state index in [0.29, 0.717) is 18.7 Å². The van der Waals surface area contributed by atoms with E-state index in [0.717, 1.165) is 41.0 Å². The van der Waals surface area contributed by atoms with Crippen LogP contribution in [0.5, 0.6) is 5.75 Å². The Hall–Kier alpha value is -3.83. The summed E-state index contributed by atoms with van der Waals surface area (Å²) in [5, 5.41) is 18.8. The van der Waals surface area contributed by atoms with Gasteiger partial charge in [0.1, 0.15) is 5.75 Å². The molecule has 4 aromatic rings. The second kappa shape index (κ2) is 13.3. The quantitative estimate of drug-likeness (QED) is 0.213. The van der Waals surface area contributed by atoms with Crippen LogP contribution in [0.1, 0.15) is 42.5 Å². The molecule has 0 aliphatic carbocycles. The fraction of sp³-hybridized carbons (Fsp3) is 0.400. The highest BCUT2D eigenvalue weighted by molar-refractivity contribution is 6.71. The van der Waals surface area contributed by atoms with Crippen molar-refractivity contribution in [3.8, 4) is 5.75 Å². The molecule has 2 aliphatic heterocycles. The summed E-state index contributed by atoms with van der Waals surface area (Å²) in [6, 6.07) is 25.6. The molecule has 1 amide bonds. The summed E-state index contributed by atoms with van der Waals surface area (Å²) >= 11 is 0. The zero-order valence-electron chi connectivity index (χ0n) is 26.1. The summed E-state index contributed by atoms with van der Waals surface area (Å²) < 4.78 is 14.2. The number of aryl methyl sites for hydroxylation is 2. The Morgan fingerprint density at radius 3 is 2.56 bits per heavy atom. The average Bonchev–Trinajstić information content (AvgIpc) is 3.63. The van der Waals surface area contributed by atoms with Crippen LogP contribution in [-0.2, 0) is 22.5 Å². The van der Waals surface area contributed by atoms with Gasteiger partial charge in [0.2, 0.25) is 0 Å². The molecule has 5 atom stereocenters. The van der Waals surface area contributed by atoms with Gasteiger partial charge < -0.3 is 19.4 Å². The first-order valence-corrected chi connectivity index (χ1v) is 18.8. The van der Waals surface area contributed by atoms with Crippen LogP contribution in [0.25, 0.3) is 0 Å². The minimum Gasteiger partial charge on any atom is -0.482 e. The molecule has 236 valence electrons. The molecule has 1 aromatic heterocycles. The molecule has 0 radical (unpaired) electrons. The molecule has 0 bridgehead atoms. The molecule has 2 aliphatic rings. The molecule has 45 heavy (non-hydrogen) atoms. The number of hydrogen-bond acceptors (Lipinski definition) is 7. The monoisotopic (exact) mass is 626 g/mol. The van der Waals surface area contributed by atoms with Crippen molar-refractivity contribution >= 4 is 25.6 Å². The van der Waals surface area contributed by atoms with E-state index >= 15 is 0 Å². The lowest BCUT2D eigenvalue weighted by Gasteiger charge is -2.30. The summed E-state index contributed by atoms with van der Waals surface area (Å²) in [5.74, 6) is 0.597. The number of para-hydroxylation sites is 2. The Morgan fingerprint density at radius 1 is 1.00 bits per heavy atom. The highest BCUT2D eigenvalue weighted by Crippen LogP contribution is 2.46. The third-order valence-electron chi connectivity index (χ3n) is 9.25. The van der Waals surface area contributed by atoms with Crippen LogP contribution >= 0.6 is 0 Å². The Labute approximate surface area is 265 Å². The van der Waals surface area contributed by atoms with Crippen LogP contribution in [0.3, 0.4) is 0 Å². The van der Waals surface area contributed by atoms with Gasteiger partial charge in [0.25, 0.3) is 5.91 Å². The second-order valence-corrected chi connectivity index (χ2v) is 16.8. The minimum atomic E-state index is -2.53. The topological polar surface area (TPSA) is 110 Å². The number of aromatic nitrogens is 3. The number of amides is 1. The fourth-order valence-corrected chi connectivity index (χ4v) is 9.78. The highest BCUT2D eigenvalue weighted by atomic mass is 28.4. The van der Waals surface area contributed by atoms with E-state index in [9.17, 15) is 14.7 Å². The van der Waals surface area contributed by atoms with E-state index in [2.05, 4.69) is 29.4 Å². The van der Waals surface area contributed by atoms with E-state index in [4.69, 9.17) is 9.47 Å². The molecule has 1 unspecified atom stereocenters. The number of hydrogen-bond donors (Lipinski definition) is 2. The molecular formula is C35H42N4O5Si. The number of carbonyl (C=O) groups excluding carboxylic acids is 1. The van der Waals surface area contributed by atoms with E-state index in [1.165, 1.54) is 0 Å². The highest BCUT2D eigenvalue weighted by Gasteiger charge is 2.49. The summed E-state index contributed by atoms with van der Waals surface area (Å²) in [6.45, 7) is 6.81. The zero-order valence-corrected chi connectivity index (χ0v) is 27.1. The van der Waals surface area contributed by atoms with Crippen LogP contribution in [-0.4, -0.2) is 64.5 Å². The second-order valence-electron chi connectivity index (χ2n) is 12.8. The van der Waals surface area contributed by atoms with Crippen LogP contribution < -0.4 is 9.64 Å². The van der Waals surface area contributed by atoms with Gasteiger partial charge in [-0.25, -0.2) is 0 Å².